The summed E-state index contributed by atoms with van der Waals surface area (Å²) in [4.78, 5) is 10.3. The van der Waals surface area contributed by atoms with Gasteiger partial charge in [-0.3, -0.25) is 5.43 Å². The van der Waals surface area contributed by atoms with E-state index in [1.807, 2.05) is 6.07 Å². The lowest BCUT2D eigenvalue weighted by atomic mass is 10.4. The van der Waals surface area contributed by atoms with Crippen LogP contribution in [-0.4, -0.2) is 17.0 Å². The second-order valence-electron chi connectivity index (χ2n) is 3.57. The van der Waals surface area contributed by atoms with Gasteiger partial charge in [0.1, 0.15) is 0 Å². The van der Waals surface area contributed by atoms with Crippen LogP contribution in [0.15, 0.2) is 18.3 Å². The van der Waals surface area contributed by atoms with Crippen LogP contribution in [0.4, 0.5) is 16.2 Å². The normalized spacial score (nSPS) is 10.4. The molecule has 0 aliphatic rings. The molecule has 8 heteroatoms. The maximum absolute atomic E-state index is 13.6. The lowest BCUT2D eigenvalue weighted by Crippen LogP contribution is -2.20. The molecule has 0 bridgehead atoms. The Labute approximate surface area is 112 Å². The third-order valence-electron chi connectivity index (χ3n) is 2.24. The van der Waals surface area contributed by atoms with E-state index in [-0.39, 0.29) is 11.8 Å². The molecule has 0 aromatic carbocycles. The fourth-order valence-corrected chi connectivity index (χ4v) is 2.58. The SMILES string of the molecule is CN(Cc1ccc(Cl)s1)c1nc(NN)ncc1F. The number of nitrogen functional groups attached to an aromatic ring is 1. The smallest absolute Gasteiger partial charge is 0.239 e. The Morgan fingerprint density at radius 3 is 2.94 bits per heavy atom. The van der Waals surface area contributed by atoms with E-state index in [4.69, 9.17) is 17.4 Å². The molecule has 0 aliphatic heterocycles. The first kappa shape index (κ1) is 13.0. The summed E-state index contributed by atoms with van der Waals surface area (Å²) in [6, 6.07) is 3.70. The molecule has 0 spiro atoms. The summed E-state index contributed by atoms with van der Waals surface area (Å²) < 4.78 is 14.3. The Bertz CT molecular complexity index is 547. The molecule has 0 radical (unpaired) electrons. The molecule has 2 rings (SSSR count). The number of hydrogen-bond donors (Lipinski definition) is 2. The molecular weight excluding hydrogens is 277 g/mol. The number of nitrogens with two attached hydrogens (primary N) is 1. The van der Waals surface area contributed by atoms with Crippen molar-refractivity contribution < 1.29 is 4.39 Å². The van der Waals surface area contributed by atoms with Crippen LogP contribution < -0.4 is 16.2 Å². The van der Waals surface area contributed by atoms with Gasteiger partial charge in [0.15, 0.2) is 11.6 Å². The minimum atomic E-state index is -0.501. The average molecular weight is 288 g/mol. The Balaban J connectivity index is 2.20. The van der Waals surface area contributed by atoms with E-state index in [1.165, 1.54) is 11.3 Å². The molecule has 18 heavy (non-hydrogen) atoms. The molecular formula is C10H11ClFN5S. The van der Waals surface area contributed by atoms with Crippen molar-refractivity contribution in [2.45, 2.75) is 6.54 Å². The Hall–Kier alpha value is -1.44. The van der Waals surface area contributed by atoms with Gasteiger partial charge >= 0.3 is 0 Å². The molecule has 0 amide bonds. The van der Waals surface area contributed by atoms with Gasteiger partial charge in [-0.25, -0.2) is 15.2 Å². The zero-order valence-corrected chi connectivity index (χ0v) is 11.1. The van der Waals surface area contributed by atoms with Gasteiger partial charge in [0.2, 0.25) is 5.95 Å². The predicted octanol–water partition coefficient (Wildman–Crippen LogP) is 2.25. The summed E-state index contributed by atoms with van der Waals surface area (Å²) in [5, 5.41) is 0. The predicted molar refractivity (Wildman–Crippen MR) is 71.2 cm³/mol. The van der Waals surface area contributed by atoms with Gasteiger partial charge in [0.05, 0.1) is 17.1 Å². The molecule has 0 fully saturated rings. The van der Waals surface area contributed by atoms with Crippen LogP contribution in [0.1, 0.15) is 4.88 Å². The largest absolute Gasteiger partial charge is 0.352 e. The van der Waals surface area contributed by atoms with Crippen LogP contribution in [0.5, 0.6) is 0 Å². The lowest BCUT2D eigenvalue weighted by molar-refractivity contribution is 0.608. The van der Waals surface area contributed by atoms with Crippen molar-refractivity contribution in [1.82, 2.24) is 9.97 Å². The minimum Gasteiger partial charge on any atom is -0.352 e. The summed E-state index contributed by atoms with van der Waals surface area (Å²) >= 11 is 7.29. The number of anilines is 2. The first-order valence-electron chi connectivity index (χ1n) is 5.04. The molecule has 2 aromatic rings. The average Bonchev–Trinajstić information content (AvgIpc) is 2.75. The van der Waals surface area contributed by atoms with Gasteiger partial charge in [-0.1, -0.05) is 11.6 Å². The number of nitrogens with one attached hydrogen (secondary N) is 1. The molecule has 0 atom stereocenters. The van der Waals surface area contributed by atoms with E-state index in [0.717, 1.165) is 11.1 Å². The number of halogens is 2. The molecule has 2 aromatic heterocycles. The molecule has 0 saturated heterocycles. The van der Waals surface area contributed by atoms with Crippen LogP contribution in [0.3, 0.4) is 0 Å². The first-order chi connectivity index (χ1) is 8.60. The van der Waals surface area contributed by atoms with Crippen molar-refractivity contribution in [2.75, 3.05) is 17.4 Å². The third kappa shape index (κ3) is 2.87. The van der Waals surface area contributed by atoms with Gasteiger partial charge in [-0.15, -0.1) is 11.3 Å². The second-order valence-corrected chi connectivity index (χ2v) is 5.37. The Morgan fingerprint density at radius 2 is 2.33 bits per heavy atom. The summed E-state index contributed by atoms with van der Waals surface area (Å²) in [5.41, 5.74) is 2.28. The van der Waals surface area contributed by atoms with E-state index >= 15 is 0 Å². The number of rotatable bonds is 4. The first-order valence-corrected chi connectivity index (χ1v) is 6.24. The van der Waals surface area contributed by atoms with E-state index in [1.54, 1.807) is 18.0 Å². The fourth-order valence-electron chi connectivity index (χ4n) is 1.44. The van der Waals surface area contributed by atoms with E-state index in [0.29, 0.717) is 10.9 Å². The molecule has 96 valence electrons. The Kier molecular flexibility index (Phi) is 3.95. The second kappa shape index (κ2) is 5.47. The molecule has 0 aliphatic carbocycles. The van der Waals surface area contributed by atoms with Crippen LogP contribution >= 0.6 is 22.9 Å². The van der Waals surface area contributed by atoms with Crippen molar-refractivity contribution >= 4 is 34.7 Å². The molecule has 2 heterocycles. The van der Waals surface area contributed by atoms with E-state index in [9.17, 15) is 4.39 Å². The van der Waals surface area contributed by atoms with Crippen molar-refractivity contribution in [3.05, 3.63) is 33.4 Å². The standard InChI is InChI=1S/C10H11ClFN5S/c1-17(5-6-2-3-8(11)18-6)9-7(12)4-14-10(15-9)16-13/h2-4H,5,13H2,1H3,(H,14,15,16). The lowest BCUT2D eigenvalue weighted by Gasteiger charge is -2.18. The topological polar surface area (TPSA) is 67.1 Å². The zero-order valence-electron chi connectivity index (χ0n) is 9.52. The summed E-state index contributed by atoms with van der Waals surface area (Å²) in [5.74, 6) is 5.04. The monoisotopic (exact) mass is 287 g/mol. The highest BCUT2D eigenvalue weighted by Gasteiger charge is 2.12. The number of hydrazine groups is 1. The van der Waals surface area contributed by atoms with Crippen molar-refractivity contribution in [1.29, 1.82) is 0 Å². The van der Waals surface area contributed by atoms with Gasteiger partial charge in [0.25, 0.3) is 0 Å². The Morgan fingerprint density at radius 1 is 1.56 bits per heavy atom. The van der Waals surface area contributed by atoms with Crippen LogP contribution in [0.2, 0.25) is 4.34 Å². The molecule has 3 N–H and O–H groups in total. The minimum absolute atomic E-state index is 0.169. The van der Waals surface area contributed by atoms with Crippen molar-refractivity contribution in [2.24, 2.45) is 5.84 Å². The van der Waals surface area contributed by atoms with Gasteiger partial charge < -0.3 is 4.90 Å². The zero-order chi connectivity index (χ0) is 13.1. The molecule has 5 nitrogen and oxygen atoms in total. The van der Waals surface area contributed by atoms with Gasteiger partial charge in [0, 0.05) is 11.9 Å². The van der Waals surface area contributed by atoms with Crippen LogP contribution in [0, 0.1) is 5.82 Å². The highest BCUT2D eigenvalue weighted by Crippen LogP contribution is 2.24. The highest BCUT2D eigenvalue weighted by molar-refractivity contribution is 7.16. The summed E-state index contributed by atoms with van der Waals surface area (Å²) in [6.45, 7) is 0.509. The fraction of sp³-hybridized carbons (Fsp3) is 0.200. The van der Waals surface area contributed by atoms with Crippen molar-refractivity contribution in [3.63, 3.8) is 0 Å². The van der Waals surface area contributed by atoms with Gasteiger partial charge in [-0.05, 0) is 12.1 Å². The van der Waals surface area contributed by atoms with Crippen LogP contribution in [-0.2, 0) is 6.54 Å². The molecule has 0 unspecified atom stereocenters. The number of nitrogens with zero attached hydrogens (tertiary/aromatic N) is 3. The summed E-state index contributed by atoms with van der Waals surface area (Å²) in [7, 11) is 1.74. The van der Waals surface area contributed by atoms with E-state index in [2.05, 4.69) is 15.4 Å². The maximum Gasteiger partial charge on any atom is 0.239 e. The van der Waals surface area contributed by atoms with Gasteiger partial charge in [-0.2, -0.15) is 4.98 Å². The number of thiophene rings is 1. The quantitative estimate of drug-likeness (QED) is 0.667. The van der Waals surface area contributed by atoms with E-state index < -0.39 is 5.82 Å². The third-order valence-corrected chi connectivity index (χ3v) is 3.45. The number of hydrogen-bond acceptors (Lipinski definition) is 6. The van der Waals surface area contributed by atoms with Crippen LogP contribution in [0.25, 0.3) is 0 Å². The summed E-state index contributed by atoms with van der Waals surface area (Å²) in [6.07, 6.45) is 1.08. The maximum atomic E-state index is 13.6. The highest BCUT2D eigenvalue weighted by atomic mass is 35.5. The van der Waals surface area contributed by atoms with Crippen molar-refractivity contribution in [3.8, 4) is 0 Å². The molecule has 0 saturated carbocycles. The number of aromatic nitrogens is 2.